The first-order valence-corrected chi connectivity index (χ1v) is 9.87. The predicted octanol–water partition coefficient (Wildman–Crippen LogP) is 4.95. The number of rotatable bonds is 4. The lowest BCUT2D eigenvalue weighted by Gasteiger charge is -2.22. The lowest BCUT2D eigenvalue weighted by Crippen LogP contribution is -2.25. The molecule has 2 aromatic carbocycles. The molecule has 1 aromatic heterocycles. The molecule has 1 saturated heterocycles. The summed E-state index contributed by atoms with van der Waals surface area (Å²) in [6, 6.07) is 14.3. The van der Waals surface area contributed by atoms with E-state index in [0.717, 1.165) is 17.5 Å². The minimum absolute atomic E-state index is 0.0213. The quantitative estimate of drug-likeness (QED) is 0.642. The maximum Gasteiger partial charge on any atom is 0.250 e. The van der Waals surface area contributed by atoms with Gasteiger partial charge in [-0.2, -0.15) is 0 Å². The number of anilines is 1. The van der Waals surface area contributed by atoms with Gasteiger partial charge in [-0.05, 0) is 48.4 Å². The molecule has 4 rings (SSSR count). The van der Waals surface area contributed by atoms with Crippen LogP contribution < -0.4 is 10.6 Å². The summed E-state index contributed by atoms with van der Waals surface area (Å²) < 4.78 is 0. The van der Waals surface area contributed by atoms with Crippen molar-refractivity contribution in [2.45, 2.75) is 12.8 Å². The Labute approximate surface area is 178 Å². The van der Waals surface area contributed by atoms with Gasteiger partial charge < -0.3 is 10.6 Å². The minimum atomic E-state index is -0.630. The average molecular weight is 426 g/mol. The molecule has 3 aromatic rings. The van der Waals surface area contributed by atoms with Gasteiger partial charge in [0.1, 0.15) is 0 Å². The fourth-order valence-corrected chi connectivity index (χ4v) is 4.13. The number of primary amides is 1. The van der Waals surface area contributed by atoms with Gasteiger partial charge in [0, 0.05) is 35.3 Å². The number of carbonyl (C=O) groups excluding carboxylic acids is 2. The molecule has 0 radical (unpaired) electrons. The van der Waals surface area contributed by atoms with Crippen LogP contribution in [0, 0.1) is 0 Å². The molecule has 5 nitrogen and oxygen atoms in total. The summed E-state index contributed by atoms with van der Waals surface area (Å²) in [5.74, 6) is -0.609. The van der Waals surface area contributed by atoms with Crippen LogP contribution in [0.1, 0.15) is 23.2 Å². The van der Waals surface area contributed by atoms with Gasteiger partial charge in [0.15, 0.2) is 0 Å². The van der Waals surface area contributed by atoms with Gasteiger partial charge in [-0.15, -0.1) is 0 Å². The highest BCUT2D eigenvalue weighted by atomic mass is 35.5. The number of halogens is 2. The van der Waals surface area contributed by atoms with Gasteiger partial charge in [0.05, 0.1) is 22.0 Å². The molecule has 2 heterocycles. The van der Waals surface area contributed by atoms with Crippen LogP contribution in [0.3, 0.4) is 0 Å². The van der Waals surface area contributed by atoms with E-state index in [2.05, 4.69) is 4.98 Å². The molecule has 1 aliphatic rings. The van der Waals surface area contributed by atoms with Crippen molar-refractivity contribution in [1.82, 2.24) is 4.98 Å². The lowest BCUT2D eigenvalue weighted by atomic mass is 9.97. The van der Waals surface area contributed by atoms with Gasteiger partial charge in [0.25, 0.3) is 0 Å². The molecule has 146 valence electrons. The third-order valence-electron chi connectivity index (χ3n) is 4.95. The number of carbonyl (C=O) groups is 2. The van der Waals surface area contributed by atoms with Crippen LogP contribution in [-0.2, 0) is 4.79 Å². The van der Waals surface area contributed by atoms with Crippen molar-refractivity contribution in [1.29, 1.82) is 0 Å². The van der Waals surface area contributed by atoms with Crippen LogP contribution in [0.15, 0.2) is 54.7 Å². The molecule has 0 saturated carbocycles. The van der Waals surface area contributed by atoms with Crippen LogP contribution in [0.2, 0.25) is 10.0 Å². The van der Waals surface area contributed by atoms with E-state index < -0.39 is 5.91 Å². The van der Waals surface area contributed by atoms with Gasteiger partial charge in [0.2, 0.25) is 11.8 Å². The molecule has 2 N–H and O–H groups in total. The molecule has 29 heavy (non-hydrogen) atoms. The Morgan fingerprint density at radius 1 is 1.10 bits per heavy atom. The van der Waals surface area contributed by atoms with Crippen LogP contribution in [0.4, 0.5) is 5.69 Å². The Kier molecular flexibility index (Phi) is 5.26. The molecule has 0 aliphatic carbocycles. The highest BCUT2D eigenvalue weighted by Crippen LogP contribution is 2.42. The van der Waals surface area contributed by atoms with E-state index in [-0.39, 0.29) is 16.5 Å². The Balaban J connectivity index is 1.95. The summed E-state index contributed by atoms with van der Waals surface area (Å²) in [7, 11) is 0. The largest absolute Gasteiger partial charge is 0.366 e. The van der Waals surface area contributed by atoms with Crippen LogP contribution >= 0.6 is 23.2 Å². The number of hydrogen-bond acceptors (Lipinski definition) is 3. The van der Waals surface area contributed by atoms with E-state index in [0.29, 0.717) is 34.9 Å². The standard InChI is InChI=1S/C22H17Cl2N3O2/c23-16-8-6-13(12-15(16)17-4-1-2-10-26-17)20-18(27-11-3-5-19(27)28)9-7-14(21(20)24)22(25)29/h1-2,4,6-10,12H,3,5,11H2,(H2,25,29). The zero-order chi connectivity index (χ0) is 20.5. The van der Waals surface area contributed by atoms with E-state index in [1.54, 1.807) is 29.3 Å². The Morgan fingerprint density at radius 2 is 1.93 bits per heavy atom. The molecule has 0 unspecified atom stereocenters. The fraction of sp³-hybridized carbons (Fsp3) is 0.136. The number of nitrogens with two attached hydrogens (primary N) is 1. The molecule has 0 bridgehead atoms. The summed E-state index contributed by atoms with van der Waals surface area (Å²) in [6.07, 6.45) is 2.94. The normalized spacial score (nSPS) is 13.7. The van der Waals surface area contributed by atoms with Crippen LogP contribution in [0.25, 0.3) is 22.4 Å². The van der Waals surface area contributed by atoms with Crippen molar-refractivity contribution >= 4 is 40.7 Å². The lowest BCUT2D eigenvalue weighted by molar-refractivity contribution is -0.117. The number of amides is 2. The average Bonchev–Trinajstić information content (AvgIpc) is 3.14. The maximum atomic E-state index is 12.4. The topological polar surface area (TPSA) is 76.3 Å². The van der Waals surface area contributed by atoms with Crippen molar-refractivity contribution in [3.8, 4) is 22.4 Å². The van der Waals surface area contributed by atoms with E-state index in [9.17, 15) is 9.59 Å². The first-order valence-electron chi connectivity index (χ1n) is 9.11. The Hall–Kier alpha value is -2.89. The molecule has 1 aliphatic heterocycles. The second kappa shape index (κ2) is 7.85. The Bertz CT molecular complexity index is 1120. The van der Waals surface area contributed by atoms with E-state index >= 15 is 0 Å². The number of benzene rings is 2. The fourth-order valence-electron chi connectivity index (χ4n) is 3.56. The van der Waals surface area contributed by atoms with Crippen LogP contribution in [0.5, 0.6) is 0 Å². The van der Waals surface area contributed by atoms with Gasteiger partial charge in [-0.3, -0.25) is 14.6 Å². The second-order valence-electron chi connectivity index (χ2n) is 6.74. The molecular formula is C22H17Cl2N3O2. The summed E-state index contributed by atoms with van der Waals surface area (Å²) in [5, 5.41) is 0.748. The second-order valence-corrected chi connectivity index (χ2v) is 7.53. The molecular weight excluding hydrogens is 409 g/mol. The van der Waals surface area contributed by atoms with Gasteiger partial charge >= 0.3 is 0 Å². The highest BCUT2D eigenvalue weighted by molar-refractivity contribution is 6.37. The smallest absolute Gasteiger partial charge is 0.250 e. The molecule has 0 spiro atoms. The van der Waals surface area contributed by atoms with Crippen molar-refractivity contribution in [3.63, 3.8) is 0 Å². The van der Waals surface area contributed by atoms with E-state index in [4.69, 9.17) is 28.9 Å². The molecule has 1 fully saturated rings. The SMILES string of the molecule is NC(=O)c1ccc(N2CCCC2=O)c(-c2ccc(Cl)c(-c3ccccn3)c2)c1Cl. The monoisotopic (exact) mass is 425 g/mol. The first-order chi connectivity index (χ1) is 14.0. The third-order valence-corrected chi connectivity index (χ3v) is 5.67. The van der Waals surface area contributed by atoms with E-state index in [1.807, 2.05) is 30.3 Å². The van der Waals surface area contributed by atoms with Crippen molar-refractivity contribution in [2.75, 3.05) is 11.4 Å². The summed E-state index contributed by atoms with van der Waals surface area (Å²) >= 11 is 13.0. The predicted molar refractivity (Wildman–Crippen MR) is 115 cm³/mol. The van der Waals surface area contributed by atoms with Gasteiger partial charge in [-0.25, -0.2) is 0 Å². The molecule has 7 heteroatoms. The molecule has 0 atom stereocenters. The van der Waals surface area contributed by atoms with Crippen molar-refractivity contribution in [2.24, 2.45) is 5.73 Å². The van der Waals surface area contributed by atoms with Crippen LogP contribution in [-0.4, -0.2) is 23.3 Å². The number of nitrogens with zero attached hydrogens (tertiary/aromatic N) is 2. The van der Waals surface area contributed by atoms with Crippen molar-refractivity contribution < 1.29 is 9.59 Å². The minimum Gasteiger partial charge on any atom is -0.366 e. The van der Waals surface area contributed by atoms with Crippen molar-refractivity contribution in [3.05, 3.63) is 70.3 Å². The highest BCUT2D eigenvalue weighted by Gasteiger charge is 2.27. The number of aromatic nitrogens is 1. The van der Waals surface area contributed by atoms with E-state index in [1.165, 1.54) is 0 Å². The number of hydrogen-bond donors (Lipinski definition) is 1. The Morgan fingerprint density at radius 3 is 2.59 bits per heavy atom. The first kappa shape index (κ1) is 19.4. The summed E-state index contributed by atoms with van der Waals surface area (Å²) in [4.78, 5) is 30.3. The third kappa shape index (κ3) is 3.59. The maximum absolute atomic E-state index is 12.4. The molecule has 2 amide bonds. The van der Waals surface area contributed by atoms with Gasteiger partial charge in [-0.1, -0.05) is 35.3 Å². The number of pyridine rings is 1. The zero-order valence-corrected chi connectivity index (χ0v) is 16.9. The summed E-state index contributed by atoms with van der Waals surface area (Å²) in [5.41, 5.74) is 9.08. The zero-order valence-electron chi connectivity index (χ0n) is 15.4. The summed E-state index contributed by atoms with van der Waals surface area (Å²) in [6.45, 7) is 0.596.